The molecule has 0 aromatic carbocycles. The lowest BCUT2D eigenvalue weighted by Gasteiger charge is -2.06. The molecule has 2 aromatic heterocycles. The van der Waals surface area contributed by atoms with Crippen LogP contribution < -0.4 is 16.6 Å². The van der Waals surface area contributed by atoms with Crippen molar-refractivity contribution in [1.82, 2.24) is 20.0 Å². The van der Waals surface area contributed by atoms with E-state index in [0.29, 0.717) is 5.82 Å². The fourth-order valence-electron chi connectivity index (χ4n) is 1.26. The van der Waals surface area contributed by atoms with Crippen molar-refractivity contribution in [1.29, 1.82) is 0 Å². The summed E-state index contributed by atoms with van der Waals surface area (Å²) in [6, 6.07) is 5.55. The van der Waals surface area contributed by atoms with Gasteiger partial charge >= 0.3 is 0 Å². The van der Waals surface area contributed by atoms with Crippen molar-refractivity contribution in [2.75, 3.05) is 17.3 Å². The van der Waals surface area contributed by atoms with Crippen molar-refractivity contribution in [2.24, 2.45) is 5.84 Å². The molecule has 0 aliphatic carbocycles. The summed E-state index contributed by atoms with van der Waals surface area (Å²) in [4.78, 5) is 4.22. The highest BCUT2D eigenvalue weighted by atomic mass is 15.4. The molecule has 7 nitrogen and oxygen atoms in total. The number of hydrazine groups is 1. The molecular weight excluding hydrogens is 206 g/mol. The van der Waals surface area contributed by atoms with Gasteiger partial charge in [0.05, 0.1) is 12.7 Å². The van der Waals surface area contributed by atoms with Crippen LogP contribution in [0.1, 0.15) is 0 Å². The largest absolute Gasteiger partial charge is 0.368 e. The molecule has 0 saturated carbocycles. The lowest BCUT2D eigenvalue weighted by atomic mass is 10.4. The van der Waals surface area contributed by atoms with E-state index in [1.54, 1.807) is 16.9 Å². The summed E-state index contributed by atoms with van der Waals surface area (Å²) < 4.78 is 1.75. The van der Waals surface area contributed by atoms with Crippen LogP contribution >= 0.6 is 0 Å². The maximum absolute atomic E-state index is 5.26. The average Bonchev–Trinajstić information content (AvgIpc) is 2.82. The molecule has 0 spiro atoms. The van der Waals surface area contributed by atoms with E-state index in [0.717, 1.165) is 18.9 Å². The predicted octanol–water partition coefficient (Wildman–Crippen LogP) is 0.0708. The van der Waals surface area contributed by atoms with Crippen LogP contribution in [0.5, 0.6) is 0 Å². The van der Waals surface area contributed by atoms with Gasteiger partial charge in [0.25, 0.3) is 0 Å². The zero-order valence-corrected chi connectivity index (χ0v) is 8.67. The van der Waals surface area contributed by atoms with E-state index in [9.17, 15) is 0 Å². The molecule has 2 heterocycles. The van der Waals surface area contributed by atoms with E-state index in [2.05, 4.69) is 26.0 Å². The number of pyridine rings is 1. The second-order valence-corrected chi connectivity index (χ2v) is 3.15. The minimum Gasteiger partial charge on any atom is -0.368 e. The second kappa shape index (κ2) is 5.08. The summed E-state index contributed by atoms with van der Waals surface area (Å²) in [7, 11) is 0. The monoisotopic (exact) mass is 219 g/mol. The van der Waals surface area contributed by atoms with Gasteiger partial charge in [-0.15, -0.1) is 5.10 Å². The summed E-state index contributed by atoms with van der Waals surface area (Å²) in [5, 5.41) is 10.7. The number of nitrogens with zero attached hydrogens (tertiary/aromatic N) is 4. The van der Waals surface area contributed by atoms with E-state index in [-0.39, 0.29) is 0 Å². The number of anilines is 2. The second-order valence-electron chi connectivity index (χ2n) is 3.15. The Morgan fingerprint density at radius 3 is 2.94 bits per heavy atom. The van der Waals surface area contributed by atoms with Crippen molar-refractivity contribution in [3.05, 3.63) is 30.6 Å². The Bertz CT molecular complexity index is 425. The molecule has 0 saturated heterocycles. The van der Waals surface area contributed by atoms with Crippen LogP contribution in [-0.2, 0) is 6.54 Å². The summed E-state index contributed by atoms with van der Waals surface area (Å²) >= 11 is 0. The lowest BCUT2D eigenvalue weighted by molar-refractivity contribution is 0.608. The van der Waals surface area contributed by atoms with Crippen molar-refractivity contribution >= 4 is 11.6 Å². The zero-order valence-electron chi connectivity index (χ0n) is 8.67. The van der Waals surface area contributed by atoms with Gasteiger partial charge in [-0.3, -0.25) is 4.68 Å². The Balaban J connectivity index is 1.85. The van der Waals surface area contributed by atoms with Gasteiger partial charge < -0.3 is 10.7 Å². The molecule has 0 radical (unpaired) electrons. The van der Waals surface area contributed by atoms with Gasteiger partial charge in [0.2, 0.25) is 0 Å². The predicted molar refractivity (Wildman–Crippen MR) is 60.6 cm³/mol. The highest BCUT2D eigenvalue weighted by Gasteiger charge is 1.96. The van der Waals surface area contributed by atoms with Gasteiger partial charge in [-0.05, 0) is 12.1 Å². The van der Waals surface area contributed by atoms with Gasteiger partial charge in [0.15, 0.2) is 0 Å². The lowest BCUT2D eigenvalue weighted by Crippen LogP contribution is -2.13. The van der Waals surface area contributed by atoms with Crippen molar-refractivity contribution in [3.8, 4) is 0 Å². The highest BCUT2D eigenvalue weighted by Crippen LogP contribution is 2.07. The topological polar surface area (TPSA) is 93.7 Å². The van der Waals surface area contributed by atoms with Gasteiger partial charge in [-0.25, -0.2) is 10.8 Å². The molecule has 0 aliphatic rings. The molecule has 84 valence electrons. The Morgan fingerprint density at radius 2 is 2.19 bits per heavy atom. The van der Waals surface area contributed by atoms with Crippen LogP contribution in [0.2, 0.25) is 0 Å². The number of nitrogens with two attached hydrogens (primary N) is 1. The molecule has 4 N–H and O–H groups in total. The van der Waals surface area contributed by atoms with Crippen LogP contribution in [0.3, 0.4) is 0 Å². The maximum atomic E-state index is 5.26. The summed E-state index contributed by atoms with van der Waals surface area (Å²) in [6.45, 7) is 1.46. The summed E-state index contributed by atoms with van der Waals surface area (Å²) in [5.74, 6) is 6.67. The van der Waals surface area contributed by atoms with Crippen molar-refractivity contribution < 1.29 is 0 Å². The van der Waals surface area contributed by atoms with Crippen molar-refractivity contribution in [3.63, 3.8) is 0 Å². The van der Waals surface area contributed by atoms with E-state index in [4.69, 9.17) is 5.84 Å². The van der Waals surface area contributed by atoms with Gasteiger partial charge in [-0.1, -0.05) is 11.3 Å². The van der Waals surface area contributed by atoms with Crippen LogP contribution in [-0.4, -0.2) is 26.5 Å². The Morgan fingerprint density at radius 1 is 1.31 bits per heavy atom. The molecule has 16 heavy (non-hydrogen) atoms. The Hall–Kier alpha value is -2.15. The Labute approximate surface area is 92.6 Å². The Kier molecular flexibility index (Phi) is 3.29. The number of rotatable bonds is 5. The molecule has 2 aromatic rings. The minimum absolute atomic E-state index is 0.630. The first-order valence-electron chi connectivity index (χ1n) is 4.90. The SMILES string of the molecule is NNc1cccc(NCCn2ccnn2)n1. The number of hydrogen-bond acceptors (Lipinski definition) is 6. The van der Waals surface area contributed by atoms with Crippen LogP contribution in [0.25, 0.3) is 0 Å². The van der Waals surface area contributed by atoms with Crippen molar-refractivity contribution in [2.45, 2.75) is 6.54 Å². The third kappa shape index (κ3) is 2.67. The third-order valence-electron chi connectivity index (χ3n) is 2.02. The van der Waals surface area contributed by atoms with Crippen LogP contribution in [0.15, 0.2) is 30.6 Å². The van der Waals surface area contributed by atoms with E-state index in [1.165, 1.54) is 0 Å². The molecule has 0 unspecified atom stereocenters. The molecule has 7 heteroatoms. The number of aromatic nitrogens is 4. The molecule has 0 fully saturated rings. The zero-order chi connectivity index (χ0) is 11.2. The quantitative estimate of drug-likeness (QED) is 0.486. The van der Waals surface area contributed by atoms with Crippen LogP contribution in [0.4, 0.5) is 11.6 Å². The summed E-state index contributed by atoms with van der Waals surface area (Å²) in [5.41, 5.74) is 2.49. The maximum Gasteiger partial charge on any atom is 0.142 e. The fraction of sp³-hybridized carbons (Fsp3) is 0.222. The highest BCUT2D eigenvalue weighted by molar-refractivity contribution is 5.44. The van der Waals surface area contributed by atoms with Crippen LogP contribution in [0, 0.1) is 0 Å². The fourth-order valence-corrected chi connectivity index (χ4v) is 1.26. The van der Waals surface area contributed by atoms with E-state index < -0.39 is 0 Å². The number of nitrogens with one attached hydrogen (secondary N) is 2. The first kappa shape index (κ1) is 10.4. The van der Waals surface area contributed by atoms with Gasteiger partial charge in [-0.2, -0.15) is 0 Å². The molecule has 0 amide bonds. The number of hydrogen-bond donors (Lipinski definition) is 3. The first-order chi connectivity index (χ1) is 7.88. The molecular formula is C9H13N7. The van der Waals surface area contributed by atoms with E-state index in [1.807, 2.05) is 18.3 Å². The normalized spacial score (nSPS) is 10.1. The molecule has 0 atom stereocenters. The molecule has 2 rings (SSSR count). The molecule has 0 aliphatic heterocycles. The standard InChI is InChI=1S/C9H13N7/c10-14-9-3-1-2-8(13-9)11-4-6-16-7-5-12-15-16/h1-3,5,7H,4,6,10H2,(H2,11,13,14). The third-order valence-corrected chi connectivity index (χ3v) is 2.02. The minimum atomic E-state index is 0.630. The summed E-state index contributed by atoms with van der Waals surface area (Å²) in [6.07, 6.45) is 3.46. The average molecular weight is 219 g/mol. The van der Waals surface area contributed by atoms with Gasteiger partial charge in [0, 0.05) is 12.7 Å². The first-order valence-corrected chi connectivity index (χ1v) is 4.90. The number of nitrogen functional groups attached to an aromatic ring is 1. The van der Waals surface area contributed by atoms with E-state index >= 15 is 0 Å². The van der Waals surface area contributed by atoms with Gasteiger partial charge in [0.1, 0.15) is 11.6 Å². The smallest absolute Gasteiger partial charge is 0.142 e. The molecule has 0 bridgehead atoms.